The minimum absolute atomic E-state index is 0.0178. The lowest BCUT2D eigenvalue weighted by atomic mass is 9.93. The summed E-state index contributed by atoms with van der Waals surface area (Å²) in [6.07, 6.45) is 0.211. The molecule has 124 valence electrons. The number of hydrogen-bond acceptors (Lipinski definition) is 2. The molecule has 0 spiro atoms. The quantitative estimate of drug-likeness (QED) is 0.817. The molecule has 0 unspecified atom stereocenters. The zero-order valence-electron chi connectivity index (χ0n) is 15.1. The van der Waals surface area contributed by atoms with Gasteiger partial charge in [-0.3, -0.25) is 4.79 Å². The van der Waals surface area contributed by atoms with E-state index in [4.69, 9.17) is 4.74 Å². The van der Waals surface area contributed by atoms with Crippen molar-refractivity contribution >= 4 is 5.91 Å². The highest BCUT2D eigenvalue weighted by Crippen LogP contribution is 2.23. The Hall–Kier alpha value is -1.51. The van der Waals surface area contributed by atoms with Gasteiger partial charge in [-0.05, 0) is 49.3 Å². The van der Waals surface area contributed by atoms with Crippen molar-refractivity contribution in [2.75, 3.05) is 0 Å². The van der Waals surface area contributed by atoms with Crippen molar-refractivity contribution in [3.05, 3.63) is 29.3 Å². The third kappa shape index (κ3) is 4.75. The second-order valence-electron chi connectivity index (χ2n) is 6.74. The molecule has 0 aromatic heterocycles. The molecule has 22 heavy (non-hydrogen) atoms. The summed E-state index contributed by atoms with van der Waals surface area (Å²) in [4.78, 5) is 12.6. The van der Waals surface area contributed by atoms with E-state index in [9.17, 15) is 4.79 Å². The summed E-state index contributed by atoms with van der Waals surface area (Å²) in [7, 11) is 0. The fourth-order valence-electron chi connectivity index (χ4n) is 2.69. The zero-order chi connectivity index (χ0) is 16.9. The summed E-state index contributed by atoms with van der Waals surface area (Å²) in [5.41, 5.74) is 2.27. The number of carbonyl (C=O) groups is 1. The van der Waals surface area contributed by atoms with E-state index >= 15 is 0 Å². The summed E-state index contributed by atoms with van der Waals surface area (Å²) in [6, 6.07) is 6.12. The van der Waals surface area contributed by atoms with Gasteiger partial charge in [0.25, 0.3) is 5.91 Å². The third-order valence-electron chi connectivity index (χ3n) is 4.23. The maximum absolute atomic E-state index is 12.6. The van der Waals surface area contributed by atoms with Gasteiger partial charge in [-0.1, -0.05) is 46.8 Å². The van der Waals surface area contributed by atoms with E-state index in [-0.39, 0.29) is 11.9 Å². The Morgan fingerprint density at radius 3 is 2.23 bits per heavy atom. The van der Waals surface area contributed by atoms with Crippen LogP contribution in [0.25, 0.3) is 0 Å². The first-order chi connectivity index (χ1) is 10.3. The lowest BCUT2D eigenvalue weighted by Crippen LogP contribution is -2.48. The lowest BCUT2D eigenvalue weighted by Gasteiger charge is -2.28. The Morgan fingerprint density at radius 2 is 1.73 bits per heavy atom. The van der Waals surface area contributed by atoms with Gasteiger partial charge in [-0.2, -0.15) is 0 Å². The summed E-state index contributed by atoms with van der Waals surface area (Å²) in [5.74, 6) is 1.59. The van der Waals surface area contributed by atoms with Gasteiger partial charge < -0.3 is 10.1 Å². The number of carbonyl (C=O) groups excluding carboxylic acids is 1. The number of ether oxygens (including phenoxy) is 1. The fourth-order valence-corrected chi connectivity index (χ4v) is 2.69. The van der Waals surface area contributed by atoms with Gasteiger partial charge in [0.2, 0.25) is 0 Å². The second kappa shape index (κ2) is 8.21. The lowest BCUT2D eigenvalue weighted by molar-refractivity contribution is -0.129. The molecule has 0 bridgehead atoms. The van der Waals surface area contributed by atoms with E-state index in [0.29, 0.717) is 18.3 Å². The van der Waals surface area contributed by atoms with Crippen LogP contribution < -0.4 is 10.1 Å². The van der Waals surface area contributed by atoms with Gasteiger partial charge >= 0.3 is 0 Å². The SMILES string of the molecule is CC[C@H](Oc1cccc(C)c1C)C(=O)NC(C(C)C)C(C)C. The van der Waals surface area contributed by atoms with Gasteiger partial charge in [-0.25, -0.2) is 0 Å². The monoisotopic (exact) mass is 305 g/mol. The van der Waals surface area contributed by atoms with Crippen LogP contribution in [-0.2, 0) is 4.79 Å². The van der Waals surface area contributed by atoms with Crippen LogP contribution in [0.5, 0.6) is 5.75 Å². The van der Waals surface area contributed by atoms with E-state index in [1.807, 2.05) is 26.0 Å². The number of nitrogens with one attached hydrogen (secondary N) is 1. The fraction of sp³-hybridized carbons (Fsp3) is 0.632. The number of rotatable bonds is 7. The molecule has 0 heterocycles. The van der Waals surface area contributed by atoms with Crippen LogP contribution in [0.4, 0.5) is 0 Å². The Kier molecular flexibility index (Phi) is 6.92. The Labute approximate surface area is 135 Å². The predicted molar refractivity (Wildman–Crippen MR) is 92.2 cm³/mol. The standard InChI is InChI=1S/C19H31NO2/c1-8-16(19(21)20-18(12(2)3)13(4)5)22-17-11-9-10-14(6)15(17)7/h9-13,16,18H,8H2,1-7H3,(H,20,21)/t16-/m0/s1. The van der Waals surface area contributed by atoms with Crippen LogP contribution in [0.1, 0.15) is 52.2 Å². The van der Waals surface area contributed by atoms with Crippen LogP contribution in [0.15, 0.2) is 18.2 Å². The maximum Gasteiger partial charge on any atom is 0.261 e. The van der Waals surface area contributed by atoms with Crippen molar-refractivity contribution < 1.29 is 9.53 Å². The first kappa shape index (κ1) is 18.5. The van der Waals surface area contributed by atoms with Gasteiger partial charge in [0.1, 0.15) is 5.75 Å². The van der Waals surface area contributed by atoms with E-state index in [1.165, 1.54) is 5.56 Å². The van der Waals surface area contributed by atoms with E-state index in [0.717, 1.165) is 11.3 Å². The molecule has 0 saturated carbocycles. The largest absolute Gasteiger partial charge is 0.480 e. The van der Waals surface area contributed by atoms with Gasteiger partial charge in [-0.15, -0.1) is 0 Å². The molecule has 0 radical (unpaired) electrons. The van der Waals surface area contributed by atoms with Crippen molar-refractivity contribution in [2.24, 2.45) is 11.8 Å². The summed E-state index contributed by atoms with van der Waals surface area (Å²) in [5, 5.41) is 3.16. The van der Waals surface area contributed by atoms with Crippen LogP contribution in [0, 0.1) is 25.7 Å². The van der Waals surface area contributed by atoms with E-state index in [2.05, 4.69) is 46.0 Å². The molecular formula is C19H31NO2. The molecule has 1 rings (SSSR count). The average Bonchev–Trinajstić information content (AvgIpc) is 2.45. The van der Waals surface area contributed by atoms with Crippen molar-refractivity contribution in [3.63, 3.8) is 0 Å². The Bertz CT molecular complexity index is 486. The minimum atomic E-state index is -0.444. The highest BCUT2D eigenvalue weighted by Gasteiger charge is 2.25. The van der Waals surface area contributed by atoms with Crippen molar-refractivity contribution in [3.8, 4) is 5.75 Å². The van der Waals surface area contributed by atoms with Crippen molar-refractivity contribution in [2.45, 2.75) is 67.0 Å². The molecule has 0 saturated heterocycles. The maximum atomic E-state index is 12.6. The van der Waals surface area contributed by atoms with Gasteiger partial charge in [0.15, 0.2) is 6.10 Å². The highest BCUT2D eigenvalue weighted by molar-refractivity contribution is 5.81. The first-order valence-corrected chi connectivity index (χ1v) is 8.31. The van der Waals surface area contributed by atoms with Gasteiger partial charge in [0, 0.05) is 6.04 Å². The molecule has 1 aromatic carbocycles. The normalized spacial score (nSPS) is 12.8. The summed E-state index contributed by atoms with van der Waals surface area (Å²) < 4.78 is 5.99. The molecule has 0 aliphatic rings. The highest BCUT2D eigenvalue weighted by atomic mass is 16.5. The smallest absolute Gasteiger partial charge is 0.261 e. The first-order valence-electron chi connectivity index (χ1n) is 8.31. The molecule has 1 amide bonds. The third-order valence-corrected chi connectivity index (χ3v) is 4.23. The minimum Gasteiger partial charge on any atom is -0.480 e. The number of aryl methyl sites for hydroxylation is 1. The molecule has 0 fully saturated rings. The predicted octanol–water partition coefficient (Wildman–Crippen LogP) is 4.26. The summed E-state index contributed by atoms with van der Waals surface area (Å²) in [6.45, 7) is 14.6. The molecule has 3 heteroatoms. The van der Waals surface area contributed by atoms with Crippen LogP contribution in [-0.4, -0.2) is 18.1 Å². The molecule has 1 aromatic rings. The average molecular weight is 305 g/mol. The van der Waals surface area contributed by atoms with Crippen LogP contribution in [0.2, 0.25) is 0 Å². The molecule has 3 nitrogen and oxygen atoms in total. The van der Waals surface area contributed by atoms with E-state index in [1.54, 1.807) is 0 Å². The molecule has 1 N–H and O–H groups in total. The number of hydrogen-bond donors (Lipinski definition) is 1. The van der Waals surface area contributed by atoms with Crippen molar-refractivity contribution in [1.82, 2.24) is 5.32 Å². The van der Waals surface area contributed by atoms with Crippen molar-refractivity contribution in [1.29, 1.82) is 0 Å². The molecule has 1 atom stereocenters. The van der Waals surface area contributed by atoms with E-state index < -0.39 is 6.10 Å². The summed E-state index contributed by atoms with van der Waals surface area (Å²) >= 11 is 0. The number of benzene rings is 1. The molecule has 0 aliphatic carbocycles. The van der Waals surface area contributed by atoms with Crippen LogP contribution >= 0.6 is 0 Å². The van der Waals surface area contributed by atoms with Gasteiger partial charge in [0.05, 0.1) is 0 Å². The number of amides is 1. The Morgan fingerprint density at radius 1 is 1.14 bits per heavy atom. The topological polar surface area (TPSA) is 38.3 Å². The molecular weight excluding hydrogens is 274 g/mol. The second-order valence-corrected chi connectivity index (χ2v) is 6.74. The zero-order valence-corrected chi connectivity index (χ0v) is 15.1. The Balaban J connectivity index is 2.83. The van der Waals surface area contributed by atoms with Crippen LogP contribution in [0.3, 0.4) is 0 Å². The molecule has 0 aliphatic heterocycles.